The van der Waals surface area contributed by atoms with Crippen LogP contribution in [0.2, 0.25) is 0 Å². The molecule has 2 N–H and O–H groups in total. The number of alkyl halides is 3. The van der Waals surface area contributed by atoms with Crippen molar-refractivity contribution in [2.24, 2.45) is 5.92 Å². The minimum atomic E-state index is -4.29. The Morgan fingerprint density at radius 3 is 2.70 bits per heavy atom. The van der Waals surface area contributed by atoms with Crippen LogP contribution in [0, 0.1) is 5.92 Å². The van der Waals surface area contributed by atoms with Crippen LogP contribution in [0.3, 0.4) is 0 Å². The van der Waals surface area contributed by atoms with Gasteiger partial charge in [-0.05, 0) is 50.5 Å². The average Bonchev–Trinajstić information content (AvgIpc) is 2.45. The molecule has 1 aliphatic heterocycles. The molecule has 5 heteroatoms. The van der Waals surface area contributed by atoms with E-state index in [4.69, 9.17) is 0 Å². The van der Waals surface area contributed by atoms with E-state index in [-0.39, 0.29) is 11.8 Å². The van der Waals surface area contributed by atoms with E-state index in [1.807, 2.05) is 0 Å². The highest BCUT2D eigenvalue weighted by Gasteiger charge is 2.36. The number of rotatable bonds is 4. The molecule has 2 unspecified atom stereocenters. The fourth-order valence-corrected chi connectivity index (χ4v) is 3.05. The van der Waals surface area contributed by atoms with Gasteiger partial charge in [0, 0.05) is 12.5 Å². The Kier molecular flexibility index (Phi) is 5.05. The molecule has 0 spiro atoms. The van der Waals surface area contributed by atoms with E-state index in [0.29, 0.717) is 12.1 Å². The summed E-state index contributed by atoms with van der Waals surface area (Å²) < 4.78 is 39.5. The second kappa shape index (κ2) is 6.59. The van der Waals surface area contributed by atoms with Crippen molar-refractivity contribution in [1.29, 1.82) is 0 Å². The van der Waals surface area contributed by atoms with Gasteiger partial charge in [-0.2, -0.15) is 13.2 Å². The summed E-state index contributed by atoms with van der Waals surface area (Å²) in [5, 5.41) is 6.34. The van der Waals surface area contributed by atoms with Crippen LogP contribution >= 0.6 is 0 Å². The predicted octanol–water partition coefficient (Wildman–Crippen LogP) is 3.01. The molecule has 0 saturated carbocycles. The molecule has 0 aliphatic carbocycles. The maximum atomic E-state index is 13.2. The molecule has 1 aromatic rings. The molecule has 1 aliphatic rings. The zero-order chi connectivity index (χ0) is 14.6. The highest BCUT2D eigenvalue weighted by Crippen LogP contribution is 2.38. The lowest BCUT2D eigenvalue weighted by atomic mass is 9.79. The van der Waals surface area contributed by atoms with Gasteiger partial charge in [0.2, 0.25) is 0 Å². The Labute approximate surface area is 117 Å². The first kappa shape index (κ1) is 15.3. The molecule has 1 saturated heterocycles. The topological polar surface area (TPSA) is 24.1 Å². The van der Waals surface area contributed by atoms with Crippen LogP contribution in [0.5, 0.6) is 0 Å². The van der Waals surface area contributed by atoms with Crippen LogP contribution in [0.15, 0.2) is 24.3 Å². The third-order valence-corrected chi connectivity index (χ3v) is 3.99. The fourth-order valence-electron chi connectivity index (χ4n) is 3.05. The van der Waals surface area contributed by atoms with Crippen LogP contribution < -0.4 is 10.6 Å². The number of hydrogen-bond acceptors (Lipinski definition) is 2. The average molecular weight is 286 g/mol. The maximum Gasteiger partial charge on any atom is 0.416 e. The minimum absolute atomic E-state index is 0.106. The second-order valence-electron chi connectivity index (χ2n) is 5.36. The van der Waals surface area contributed by atoms with E-state index in [9.17, 15) is 13.2 Å². The summed E-state index contributed by atoms with van der Waals surface area (Å²) in [6.07, 6.45) is -2.28. The molecule has 0 radical (unpaired) electrons. The van der Waals surface area contributed by atoms with Gasteiger partial charge in [0.25, 0.3) is 0 Å². The number of hydrogen-bond donors (Lipinski definition) is 2. The lowest BCUT2D eigenvalue weighted by Gasteiger charge is -2.32. The normalized spacial score (nSPS) is 21.7. The molecule has 1 heterocycles. The quantitative estimate of drug-likeness (QED) is 0.889. The SMILES string of the molecule is CNCC(c1ccccc1C(F)(F)F)C1CCCNC1. The van der Waals surface area contributed by atoms with E-state index < -0.39 is 11.7 Å². The standard InChI is InChI=1S/C15H21F3N2/c1-19-10-13(11-5-4-8-20-9-11)12-6-2-3-7-14(12)15(16,17)18/h2-3,6-7,11,13,19-20H,4-5,8-10H2,1H3. The zero-order valence-corrected chi connectivity index (χ0v) is 11.6. The van der Waals surface area contributed by atoms with Gasteiger partial charge in [-0.25, -0.2) is 0 Å². The minimum Gasteiger partial charge on any atom is -0.319 e. The number of halogens is 3. The molecule has 2 rings (SSSR count). The molecule has 0 aromatic heterocycles. The third kappa shape index (κ3) is 3.52. The van der Waals surface area contributed by atoms with Crippen molar-refractivity contribution in [3.63, 3.8) is 0 Å². The maximum absolute atomic E-state index is 13.2. The van der Waals surface area contributed by atoms with Crippen LogP contribution in [0.1, 0.15) is 29.9 Å². The first-order valence-electron chi connectivity index (χ1n) is 7.05. The molecule has 112 valence electrons. The largest absolute Gasteiger partial charge is 0.416 e. The van der Waals surface area contributed by atoms with Crippen LogP contribution in [0.4, 0.5) is 13.2 Å². The van der Waals surface area contributed by atoms with Crippen molar-refractivity contribution in [2.45, 2.75) is 24.9 Å². The predicted molar refractivity (Wildman–Crippen MR) is 73.7 cm³/mol. The Bertz CT molecular complexity index is 425. The Hall–Kier alpha value is -1.07. The van der Waals surface area contributed by atoms with Gasteiger partial charge < -0.3 is 10.6 Å². The Morgan fingerprint density at radius 1 is 1.35 bits per heavy atom. The summed E-state index contributed by atoms with van der Waals surface area (Å²) in [5.41, 5.74) is -0.0751. The van der Waals surface area contributed by atoms with Crippen LogP contribution in [-0.4, -0.2) is 26.7 Å². The van der Waals surface area contributed by atoms with Crippen molar-refractivity contribution in [3.8, 4) is 0 Å². The van der Waals surface area contributed by atoms with E-state index in [1.54, 1.807) is 19.2 Å². The van der Waals surface area contributed by atoms with Crippen molar-refractivity contribution in [3.05, 3.63) is 35.4 Å². The number of piperidine rings is 1. The highest BCUT2D eigenvalue weighted by atomic mass is 19.4. The molecule has 1 fully saturated rings. The van der Waals surface area contributed by atoms with Gasteiger partial charge in [0.05, 0.1) is 5.56 Å². The van der Waals surface area contributed by atoms with Crippen LogP contribution in [0.25, 0.3) is 0 Å². The van der Waals surface area contributed by atoms with Gasteiger partial charge in [-0.3, -0.25) is 0 Å². The Balaban J connectivity index is 2.33. The van der Waals surface area contributed by atoms with Gasteiger partial charge in [0.15, 0.2) is 0 Å². The third-order valence-electron chi connectivity index (χ3n) is 3.99. The smallest absolute Gasteiger partial charge is 0.319 e. The van der Waals surface area contributed by atoms with E-state index in [2.05, 4.69) is 10.6 Å². The van der Waals surface area contributed by atoms with Gasteiger partial charge in [0.1, 0.15) is 0 Å². The fraction of sp³-hybridized carbons (Fsp3) is 0.600. The molecule has 2 atom stereocenters. The molecule has 1 aromatic carbocycles. The summed E-state index contributed by atoms with van der Waals surface area (Å²) in [6, 6.07) is 5.97. The second-order valence-corrected chi connectivity index (χ2v) is 5.36. The van der Waals surface area contributed by atoms with Gasteiger partial charge >= 0.3 is 6.18 Å². The number of likely N-dealkylation sites (N-methyl/N-ethyl adjacent to an activating group) is 1. The molecule has 0 amide bonds. The summed E-state index contributed by atoms with van der Waals surface area (Å²) in [7, 11) is 1.79. The number of benzene rings is 1. The lowest BCUT2D eigenvalue weighted by molar-refractivity contribution is -0.138. The number of nitrogens with one attached hydrogen (secondary N) is 2. The lowest BCUT2D eigenvalue weighted by Crippen LogP contribution is -2.37. The highest BCUT2D eigenvalue weighted by molar-refractivity contribution is 5.33. The Morgan fingerprint density at radius 2 is 2.10 bits per heavy atom. The van der Waals surface area contributed by atoms with E-state index in [1.165, 1.54) is 12.1 Å². The van der Waals surface area contributed by atoms with Crippen LogP contribution in [-0.2, 0) is 6.18 Å². The zero-order valence-electron chi connectivity index (χ0n) is 11.6. The van der Waals surface area contributed by atoms with E-state index in [0.717, 1.165) is 25.9 Å². The summed E-state index contributed by atoms with van der Waals surface area (Å²) >= 11 is 0. The molecular formula is C15H21F3N2. The first-order valence-corrected chi connectivity index (χ1v) is 7.05. The molecule has 0 bridgehead atoms. The first-order chi connectivity index (χ1) is 9.54. The van der Waals surface area contributed by atoms with Gasteiger partial charge in [-0.15, -0.1) is 0 Å². The molecule has 2 nitrogen and oxygen atoms in total. The summed E-state index contributed by atoms with van der Waals surface area (Å²) in [5.74, 6) is 0.144. The van der Waals surface area contributed by atoms with Crippen molar-refractivity contribution >= 4 is 0 Å². The van der Waals surface area contributed by atoms with Gasteiger partial charge in [-0.1, -0.05) is 18.2 Å². The van der Waals surface area contributed by atoms with Crippen molar-refractivity contribution in [2.75, 3.05) is 26.7 Å². The monoisotopic (exact) mass is 286 g/mol. The van der Waals surface area contributed by atoms with E-state index >= 15 is 0 Å². The summed E-state index contributed by atoms with van der Waals surface area (Å²) in [6.45, 7) is 2.32. The van der Waals surface area contributed by atoms with Crippen molar-refractivity contribution < 1.29 is 13.2 Å². The summed E-state index contributed by atoms with van der Waals surface area (Å²) in [4.78, 5) is 0. The molecule has 20 heavy (non-hydrogen) atoms. The molecular weight excluding hydrogens is 265 g/mol. The van der Waals surface area contributed by atoms with Crippen molar-refractivity contribution in [1.82, 2.24) is 10.6 Å².